The van der Waals surface area contributed by atoms with Crippen molar-refractivity contribution in [3.63, 3.8) is 0 Å². The predicted molar refractivity (Wildman–Crippen MR) is 120 cm³/mol. The smallest absolute Gasteiger partial charge is 0.407 e. The number of fused-ring (bicyclic) bond motifs is 3. The Balaban J connectivity index is 1.15. The van der Waals surface area contributed by atoms with Gasteiger partial charge in [-0.25, -0.2) is 9.59 Å². The van der Waals surface area contributed by atoms with Gasteiger partial charge in [-0.2, -0.15) is 0 Å². The van der Waals surface area contributed by atoms with Crippen molar-refractivity contribution in [3.8, 4) is 11.1 Å². The normalized spacial score (nSPS) is 15.5. The standard InChI is InChI=1S/C25H23N3O6/c29-22(27-25(23(30)31)10-5-11-25)21-12-15(34-28-21)13-26-24(32)33-14-20-18-8-3-1-6-16(18)17-7-2-4-9-19(17)20/h1-4,6-9,12,20H,5,10-11,13-14H2,(H,26,32)(H,27,29)(H,30,31). The third kappa shape index (κ3) is 3.89. The molecule has 9 heteroatoms. The highest BCUT2D eigenvalue weighted by molar-refractivity contribution is 5.96. The van der Waals surface area contributed by atoms with Crippen molar-refractivity contribution < 1.29 is 28.8 Å². The molecule has 0 bridgehead atoms. The highest BCUT2D eigenvalue weighted by Crippen LogP contribution is 2.44. The Labute approximate surface area is 195 Å². The number of aliphatic carboxylic acids is 1. The minimum Gasteiger partial charge on any atom is -0.480 e. The molecular formula is C25H23N3O6. The van der Waals surface area contributed by atoms with Crippen molar-refractivity contribution in [1.82, 2.24) is 15.8 Å². The maximum Gasteiger partial charge on any atom is 0.407 e. The first-order chi connectivity index (χ1) is 16.5. The zero-order valence-electron chi connectivity index (χ0n) is 18.2. The minimum atomic E-state index is -1.24. The van der Waals surface area contributed by atoms with E-state index in [1.807, 2.05) is 36.4 Å². The Bertz CT molecular complexity index is 1220. The van der Waals surface area contributed by atoms with Crippen LogP contribution in [0, 0.1) is 0 Å². The molecule has 1 fully saturated rings. The number of carbonyl (C=O) groups excluding carboxylic acids is 2. The molecule has 0 spiro atoms. The fourth-order valence-electron chi connectivity index (χ4n) is 4.52. The molecule has 34 heavy (non-hydrogen) atoms. The van der Waals surface area contributed by atoms with Crippen LogP contribution in [-0.2, 0) is 16.1 Å². The van der Waals surface area contributed by atoms with Gasteiger partial charge in [0.1, 0.15) is 12.1 Å². The zero-order valence-corrected chi connectivity index (χ0v) is 18.2. The first-order valence-electron chi connectivity index (χ1n) is 11.1. The Morgan fingerprint density at radius 3 is 2.29 bits per heavy atom. The summed E-state index contributed by atoms with van der Waals surface area (Å²) in [6, 6.07) is 17.5. The number of amides is 2. The molecular weight excluding hydrogens is 438 g/mol. The van der Waals surface area contributed by atoms with E-state index in [0.29, 0.717) is 12.8 Å². The Kier molecular flexibility index (Phi) is 5.53. The molecule has 0 radical (unpaired) electrons. The number of benzene rings is 2. The molecule has 2 aliphatic rings. The Hall–Kier alpha value is -4.14. The van der Waals surface area contributed by atoms with E-state index >= 15 is 0 Å². The average Bonchev–Trinajstić information content (AvgIpc) is 3.41. The van der Waals surface area contributed by atoms with Crippen LogP contribution in [0.1, 0.15) is 52.6 Å². The molecule has 3 aromatic rings. The van der Waals surface area contributed by atoms with Crippen LogP contribution in [0.15, 0.2) is 59.1 Å². The second kappa shape index (κ2) is 8.66. The van der Waals surface area contributed by atoms with E-state index < -0.39 is 23.5 Å². The molecule has 3 N–H and O–H groups in total. The van der Waals surface area contributed by atoms with Crippen molar-refractivity contribution >= 4 is 18.0 Å². The third-order valence-electron chi connectivity index (χ3n) is 6.51. The van der Waals surface area contributed by atoms with Gasteiger partial charge in [-0.3, -0.25) is 4.79 Å². The first kappa shape index (κ1) is 21.7. The topological polar surface area (TPSA) is 131 Å². The third-order valence-corrected chi connectivity index (χ3v) is 6.51. The van der Waals surface area contributed by atoms with Crippen LogP contribution in [0.4, 0.5) is 4.79 Å². The van der Waals surface area contributed by atoms with Gasteiger partial charge in [-0.1, -0.05) is 53.7 Å². The molecule has 2 amide bonds. The summed E-state index contributed by atoms with van der Waals surface area (Å²) in [7, 11) is 0. The summed E-state index contributed by atoms with van der Waals surface area (Å²) in [4.78, 5) is 36.1. The van der Waals surface area contributed by atoms with Crippen LogP contribution >= 0.6 is 0 Å². The number of hydrogen-bond acceptors (Lipinski definition) is 6. The van der Waals surface area contributed by atoms with Crippen molar-refractivity contribution in [2.75, 3.05) is 6.61 Å². The largest absolute Gasteiger partial charge is 0.480 e. The van der Waals surface area contributed by atoms with Gasteiger partial charge in [0.2, 0.25) is 0 Å². The van der Waals surface area contributed by atoms with Gasteiger partial charge >= 0.3 is 12.1 Å². The summed E-state index contributed by atoms with van der Waals surface area (Å²) in [5.74, 6) is -1.49. The van der Waals surface area contributed by atoms with Gasteiger partial charge in [0.05, 0.1) is 6.54 Å². The summed E-state index contributed by atoms with van der Waals surface area (Å²) >= 11 is 0. The number of carboxylic acids is 1. The average molecular weight is 461 g/mol. The van der Waals surface area contributed by atoms with E-state index in [4.69, 9.17) is 9.26 Å². The van der Waals surface area contributed by atoms with Gasteiger partial charge in [-0.05, 0) is 41.5 Å². The fourth-order valence-corrected chi connectivity index (χ4v) is 4.52. The molecule has 1 aromatic heterocycles. The number of carbonyl (C=O) groups is 3. The predicted octanol–water partition coefficient (Wildman–Crippen LogP) is 3.45. The van der Waals surface area contributed by atoms with E-state index in [1.165, 1.54) is 6.07 Å². The van der Waals surface area contributed by atoms with Crippen LogP contribution in [-0.4, -0.2) is 40.4 Å². The quantitative estimate of drug-likeness (QED) is 0.491. The number of aromatic nitrogens is 1. The molecule has 0 saturated heterocycles. The molecule has 0 atom stereocenters. The molecule has 1 heterocycles. The number of rotatable bonds is 7. The Morgan fingerprint density at radius 2 is 1.71 bits per heavy atom. The number of carboxylic acid groups (broad SMARTS) is 1. The van der Waals surface area contributed by atoms with Crippen LogP contribution in [0.3, 0.4) is 0 Å². The minimum absolute atomic E-state index is 0.0268. The summed E-state index contributed by atoms with van der Waals surface area (Å²) in [5.41, 5.74) is 3.24. The highest BCUT2D eigenvalue weighted by atomic mass is 16.5. The molecule has 0 unspecified atom stereocenters. The maximum atomic E-state index is 12.4. The number of nitrogens with one attached hydrogen (secondary N) is 2. The van der Waals surface area contributed by atoms with Gasteiger partial charge in [-0.15, -0.1) is 0 Å². The van der Waals surface area contributed by atoms with Gasteiger partial charge in [0.25, 0.3) is 5.91 Å². The SMILES string of the molecule is O=C(NCc1cc(C(=O)NC2(C(=O)O)CCC2)no1)OCC1c2ccccc2-c2ccccc21. The van der Waals surface area contributed by atoms with Gasteiger partial charge in [0, 0.05) is 12.0 Å². The molecule has 9 nitrogen and oxygen atoms in total. The van der Waals surface area contributed by atoms with Gasteiger partial charge in [0.15, 0.2) is 11.5 Å². The number of ether oxygens (including phenoxy) is 1. The molecule has 2 aliphatic carbocycles. The summed E-state index contributed by atoms with van der Waals surface area (Å²) < 4.78 is 10.6. The summed E-state index contributed by atoms with van der Waals surface area (Å²) in [6.45, 7) is 0.155. The summed E-state index contributed by atoms with van der Waals surface area (Å²) in [6.07, 6.45) is 0.869. The van der Waals surface area contributed by atoms with Crippen LogP contribution < -0.4 is 10.6 Å². The Morgan fingerprint density at radius 1 is 1.06 bits per heavy atom. The zero-order chi connectivity index (χ0) is 23.7. The number of nitrogens with zero attached hydrogens (tertiary/aromatic N) is 1. The van der Waals surface area contributed by atoms with Crippen LogP contribution in [0.25, 0.3) is 11.1 Å². The second-order valence-electron chi connectivity index (χ2n) is 8.55. The monoisotopic (exact) mass is 461 g/mol. The lowest BCUT2D eigenvalue weighted by atomic mass is 9.76. The summed E-state index contributed by atoms with van der Waals surface area (Å²) in [5, 5.41) is 18.1. The van der Waals surface area contributed by atoms with E-state index in [0.717, 1.165) is 28.7 Å². The van der Waals surface area contributed by atoms with E-state index in [-0.39, 0.29) is 30.5 Å². The molecule has 2 aromatic carbocycles. The second-order valence-corrected chi connectivity index (χ2v) is 8.55. The molecule has 174 valence electrons. The lowest BCUT2D eigenvalue weighted by Gasteiger charge is -2.37. The van der Waals surface area contributed by atoms with Crippen LogP contribution in [0.5, 0.6) is 0 Å². The van der Waals surface area contributed by atoms with Crippen molar-refractivity contribution in [3.05, 3.63) is 77.2 Å². The van der Waals surface area contributed by atoms with E-state index in [2.05, 4.69) is 27.9 Å². The number of hydrogen-bond donors (Lipinski definition) is 3. The first-order valence-corrected chi connectivity index (χ1v) is 11.1. The van der Waals surface area contributed by atoms with Crippen molar-refractivity contribution in [1.29, 1.82) is 0 Å². The van der Waals surface area contributed by atoms with Crippen LogP contribution in [0.2, 0.25) is 0 Å². The maximum absolute atomic E-state index is 12.4. The fraction of sp³-hybridized carbons (Fsp3) is 0.280. The van der Waals surface area contributed by atoms with Crippen molar-refractivity contribution in [2.24, 2.45) is 0 Å². The van der Waals surface area contributed by atoms with E-state index in [1.54, 1.807) is 0 Å². The lowest BCUT2D eigenvalue weighted by Crippen LogP contribution is -2.59. The lowest BCUT2D eigenvalue weighted by molar-refractivity contribution is -0.148. The number of alkyl carbamates (subject to hydrolysis) is 1. The molecule has 0 aliphatic heterocycles. The van der Waals surface area contributed by atoms with E-state index in [9.17, 15) is 19.5 Å². The van der Waals surface area contributed by atoms with Crippen molar-refractivity contribution in [2.45, 2.75) is 37.3 Å². The van der Waals surface area contributed by atoms with Gasteiger partial charge < -0.3 is 25.0 Å². The highest BCUT2D eigenvalue weighted by Gasteiger charge is 2.46. The molecule has 5 rings (SSSR count). The molecule has 1 saturated carbocycles.